The molecule has 0 aromatic carbocycles. The average molecular weight is 215 g/mol. The van der Waals surface area contributed by atoms with E-state index >= 15 is 0 Å². The summed E-state index contributed by atoms with van der Waals surface area (Å²) >= 11 is 5.84. The monoisotopic (exact) mass is 214 g/mol. The van der Waals surface area contributed by atoms with Gasteiger partial charge in [0.2, 0.25) is 0 Å². The van der Waals surface area contributed by atoms with Gasteiger partial charge in [-0.2, -0.15) is 0 Å². The van der Waals surface area contributed by atoms with Gasteiger partial charge in [0.25, 0.3) is 0 Å². The minimum Gasteiger partial charge on any atom is -0.453 e. The van der Waals surface area contributed by atoms with Gasteiger partial charge in [0, 0.05) is 5.56 Å². The van der Waals surface area contributed by atoms with E-state index < -0.39 is 0 Å². The Morgan fingerprint density at radius 1 is 1.14 bits per heavy atom. The van der Waals surface area contributed by atoms with Crippen molar-refractivity contribution >= 4 is 11.6 Å². The second-order valence-corrected chi connectivity index (χ2v) is 4.08. The van der Waals surface area contributed by atoms with Crippen LogP contribution in [0.25, 0.3) is 0 Å². The van der Waals surface area contributed by atoms with Crippen LogP contribution in [0.15, 0.2) is 16.7 Å². The van der Waals surface area contributed by atoms with Crippen molar-refractivity contribution < 1.29 is 4.42 Å². The molecule has 1 aromatic heterocycles. The lowest BCUT2D eigenvalue weighted by molar-refractivity contribution is 0.562. The zero-order valence-electron chi connectivity index (χ0n) is 8.89. The Bertz CT molecular complexity index is 242. The maximum Gasteiger partial charge on any atom is 0.196 e. The van der Waals surface area contributed by atoms with E-state index in [0.29, 0.717) is 5.22 Å². The van der Waals surface area contributed by atoms with Crippen LogP contribution >= 0.6 is 11.6 Å². The molecule has 80 valence electrons. The lowest BCUT2D eigenvalue weighted by atomic mass is 10.1. The molecule has 1 rings (SSSR count). The summed E-state index contributed by atoms with van der Waals surface area (Å²) in [5.74, 6) is 0. The van der Waals surface area contributed by atoms with Gasteiger partial charge in [0.05, 0.1) is 6.26 Å². The van der Waals surface area contributed by atoms with Crippen LogP contribution in [0.2, 0.25) is 5.22 Å². The molecule has 2 heteroatoms. The van der Waals surface area contributed by atoms with Crippen molar-refractivity contribution in [1.29, 1.82) is 0 Å². The first-order chi connectivity index (χ1) is 6.84. The Morgan fingerprint density at radius 3 is 2.50 bits per heavy atom. The zero-order valence-corrected chi connectivity index (χ0v) is 9.65. The number of halogens is 1. The van der Waals surface area contributed by atoms with E-state index in [-0.39, 0.29) is 0 Å². The highest BCUT2D eigenvalue weighted by Gasteiger charge is 2.01. The molecule has 1 aromatic rings. The van der Waals surface area contributed by atoms with Gasteiger partial charge in [-0.15, -0.1) is 0 Å². The molecule has 0 fully saturated rings. The molecule has 0 atom stereocenters. The fraction of sp³-hybridized carbons (Fsp3) is 0.667. The molecule has 0 saturated heterocycles. The Kier molecular flexibility index (Phi) is 5.77. The number of unbranched alkanes of at least 4 members (excludes halogenated alkanes) is 5. The molecule has 14 heavy (non-hydrogen) atoms. The lowest BCUT2D eigenvalue weighted by Gasteiger charge is -1.99. The molecule has 0 amide bonds. The van der Waals surface area contributed by atoms with Crippen LogP contribution in [-0.4, -0.2) is 0 Å². The summed E-state index contributed by atoms with van der Waals surface area (Å²) < 4.78 is 5.03. The van der Waals surface area contributed by atoms with Crippen LogP contribution in [0.3, 0.4) is 0 Å². The van der Waals surface area contributed by atoms with E-state index in [2.05, 4.69) is 6.92 Å². The third-order valence-corrected chi connectivity index (χ3v) is 2.82. The van der Waals surface area contributed by atoms with Crippen LogP contribution in [0.4, 0.5) is 0 Å². The van der Waals surface area contributed by atoms with Gasteiger partial charge in [0.1, 0.15) is 0 Å². The van der Waals surface area contributed by atoms with E-state index in [1.54, 1.807) is 6.26 Å². The SMILES string of the molecule is CCCCCCCCc1ccoc1Cl. The largest absolute Gasteiger partial charge is 0.453 e. The maximum absolute atomic E-state index is 5.84. The van der Waals surface area contributed by atoms with Crippen LogP contribution in [0.5, 0.6) is 0 Å². The molecular weight excluding hydrogens is 196 g/mol. The van der Waals surface area contributed by atoms with Gasteiger partial charge < -0.3 is 4.42 Å². The van der Waals surface area contributed by atoms with Crippen molar-refractivity contribution in [2.45, 2.75) is 51.9 Å². The first kappa shape index (κ1) is 11.6. The van der Waals surface area contributed by atoms with E-state index in [4.69, 9.17) is 16.0 Å². The number of hydrogen-bond acceptors (Lipinski definition) is 1. The Morgan fingerprint density at radius 2 is 1.86 bits per heavy atom. The molecule has 0 radical (unpaired) electrons. The van der Waals surface area contributed by atoms with Crippen molar-refractivity contribution in [3.05, 3.63) is 23.1 Å². The Hall–Kier alpha value is -0.430. The topological polar surface area (TPSA) is 13.1 Å². The highest BCUT2D eigenvalue weighted by Crippen LogP contribution is 2.19. The number of aryl methyl sites for hydroxylation is 1. The number of hydrogen-bond donors (Lipinski definition) is 0. The predicted molar refractivity (Wildman–Crippen MR) is 60.8 cm³/mol. The smallest absolute Gasteiger partial charge is 0.196 e. The number of furan rings is 1. The molecule has 0 spiro atoms. The normalized spacial score (nSPS) is 10.7. The maximum atomic E-state index is 5.84. The molecule has 1 nitrogen and oxygen atoms in total. The van der Waals surface area contributed by atoms with E-state index in [0.717, 1.165) is 12.0 Å². The zero-order chi connectivity index (χ0) is 10.2. The second kappa shape index (κ2) is 6.94. The fourth-order valence-corrected chi connectivity index (χ4v) is 1.80. The highest BCUT2D eigenvalue weighted by molar-refractivity contribution is 6.29. The van der Waals surface area contributed by atoms with E-state index in [1.165, 1.54) is 38.5 Å². The lowest BCUT2D eigenvalue weighted by Crippen LogP contribution is -1.84. The van der Waals surface area contributed by atoms with E-state index in [1.807, 2.05) is 6.07 Å². The second-order valence-electron chi connectivity index (χ2n) is 3.74. The standard InChI is InChI=1S/C12H19ClO/c1-2-3-4-5-6-7-8-11-9-10-14-12(11)13/h9-10H,2-8H2,1H3. The first-order valence-corrected chi connectivity index (χ1v) is 5.94. The molecule has 0 aliphatic rings. The van der Waals surface area contributed by atoms with Crippen molar-refractivity contribution in [2.24, 2.45) is 0 Å². The quantitative estimate of drug-likeness (QED) is 0.593. The predicted octanol–water partition coefficient (Wildman–Crippen LogP) is 4.84. The molecule has 1 heterocycles. The summed E-state index contributed by atoms with van der Waals surface area (Å²) in [6, 6.07) is 1.97. The van der Waals surface area contributed by atoms with Gasteiger partial charge in [-0.3, -0.25) is 0 Å². The minimum atomic E-state index is 0.568. The first-order valence-electron chi connectivity index (χ1n) is 5.56. The summed E-state index contributed by atoms with van der Waals surface area (Å²) in [5, 5.41) is 0.568. The van der Waals surface area contributed by atoms with Crippen molar-refractivity contribution in [2.75, 3.05) is 0 Å². The van der Waals surface area contributed by atoms with Crippen LogP contribution < -0.4 is 0 Å². The molecule has 0 saturated carbocycles. The molecule has 0 bridgehead atoms. The number of rotatable bonds is 7. The van der Waals surface area contributed by atoms with Gasteiger partial charge in [-0.1, -0.05) is 39.0 Å². The van der Waals surface area contributed by atoms with Crippen molar-refractivity contribution in [3.63, 3.8) is 0 Å². The fourth-order valence-electron chi connectivity index (χ4n) is 1.59. The summed E-state index contributed by atoms with van der Waals surface area (Å²) in [7, 11) is 0. The molecular formula is C12H19ClO. The molecule has 0 aliphatic heterocycles. The molecule has 0 aliphatic carbocycles. The third kappa shape index (κ3) is 4.19. The molecule has 0 N–H and O–H groups in total. The highest BCUT2D eigenvalue weighted by atomic mass is 35.5. The summed E-state index contributed by atoms with van der Waals surface area (Å²) in [5.41, 5.74) is 1.15. The van der Waals surface area contributed by atoms with Gasteiger partial charge >= 0.3 is 0 Å². The summed E-state index contributed by atoms with van der Waals surface area (Å²) in [6.45, 7) is 2.24. The van der Waals surface area contributed by atoms with Gasteiger partial charge in [-0.05, 0) is 30.5 Å². The van der Waals surface area contributed by atoms with Gasteiger partial charge in [-0.25, -0.2) is 0 Å². The van der Waals surface area contributed by atoms with Crippen LogP contribution in [0, 0.1) is 0 Å². The van der Waals surface area contributed by atoms with Gasteiger partial charge in [0.15, 0.2) is 5.22 Å². The van der Waals surface area contributed by atoms with E-state index in [9.17, 15) is 0 Å². The third-order valence-electron chi connectivity index (χ3n) is 2.49. The summed E-state index contributed by atoms with van der Waals surface area (Å²) in [4.78, 5) is 0. The molecule has 0 unspecified atom stereocenters. The average Bonchev–Trinajstić information content (AvgIpc) is 2.58. The van der Waals surface area contributed by atoms with Crippen molar-refractivity contribution in [3.8, 4) is 0 Å². The Labute approximate surface area is 91.4 Å². The summed E-state index contributed by atoms with van der Waals surface area (Å²) in [6.07, 6.45) is 10.7. The van der Waals surface area contributed by atoms with Crippen molar-refractivity contribution in [1.82, 2.24) is 0 Å². The minimum absolute atomic E-state index is 0.568. The Balaban J connectivity index is 2.02. The van der Waals surface area contributed by atoms with Crippen LogP contribution in [-0.2, 0) is 6.42 Å². The van der Waals surface area contributed by atoms with Crippen LogP contribution in [0.1, 0.15) is 51.0 Å².